The van der Waals surface area contributed by atoms with Crippen molar-refractivity contribution < 1.29 is 4.74 Å². The molecule has 1 rings (SSSR count). The number of hydrogen-bond donors (Lipinski definition) is 0. The van der Waals surface area contributed by atoms with Gasteiger partial charge in [-0.1, -0.05) is 26.0 Å². The average Bonchev–Trinajstić information content (AvgIpc) is 2.10. The maximum atomic E-state index is 5.81. The predicted octanol–water partition coefficient (Wildman–Crippen LogP) is 4.21. The van der Waals surface area contributed by atoms with E-state index < -0.39 is 0 Å². The van der Waals surface area contributed by atoms with Crippen molar-refractivity contribution in [1.29, 1.82) is 0 Å². The lowest BCUT2D eigenvalue weighted by molar-refractivity contribution is 0.239. The van der Waals surface area contributed by atoms with E-state index >= 15 is 0 Å². The largest absolute Gasteiger partial charge is 0.490 e. The van der Waals surface area contributed by atoms with Gasteiger partial charge in [-0.15, -0.1) is 0 Å². The Hall–Kier alpha value is -0.980. The second kappa shape index (κ2) is 4.69. The van der Waals surface area contributed by atoms with E-state index in [-0.39, 0.29) is 6.10 Å². The van der Waals surface area contributed by atoms with Gasteiger partial charge in [0, 0.05) is 0 Å². The van der Waals surface area contributed by atoms with E-state index in [4.69, 9.17) is 4.74 Å². The topological polar surface area (TPSA) is 9.23 Å². The van der Waals surface area contributed by atoms with E-state index in [2.05, 4.69) is 53.7 Å². The van der Waals surface area contributed by atoms with Gasteiger partial charge in [-0.2, -0.15) is 0 Å². The third-order valence-corrected chi connectivity index (χ3v) is 2.50. The number of benzene rings is 1. The summed E-state index contributed by atoms with van der Waals surface area (Å²) in [6.07, 6.45) is 0.243. The molecule has 0 saturated carbocycles. The van der Waals surface area contributed by atoms with Gasteiger partial charge < -0.3 is 4.74 Å². The fourth-order valence-electron chi connectivity index (χ4n) is 1.74. The molecule has 0 spiro atoms. The van der Waals surface area contributed by atoms with E-state index in [1.165, 1.54) is 16.7 Å². The summed E-state index contributed by atoms with van der Waals surface area (Å²) in [6, 6.07) is 4.46. The molecule has 1 aromatic rings. The highest BCUT2D eigenvalue weighted by molar-refractivity contribution is 5.44. The first-order chi connectivity index (χ1) is 6.91. The monoisotopic (exact) mass is 206 g/mol. The van der Waals surface area contributed by atoms with Crippen LogP contribution in [-0.2, 0) is 0 Å². The summed E-state index contributed by atoms with van der Waals surface area (Å²) in [4.78, 5) is 0. The molecule has 0 N–H and O–H groups in total. The van der Waals surface area contributed by atoms with Crippen molar-refractivity contribution in [1.82, 2.24) is 0 Å². The lowest BCUT2D eigenvalue weighted by Gasteiger charge is -2.17. The number of ether oxygens (including phenoxy) is 1. The molecule has 15 heavy (non-hydrogen) atoms. The zero-order chi connectivity index (χ0) is 11.6. The summed E-state index contributed by atoms with van der Waals surface area (Å²) in [5, 5.41) is 0. The highest BCUT2D eigenvalue weighted by Crippen LogP contribution is 2.28. The second-order valence-corrected chi connectivity index (χ2v) is 4.81. The van der Waals surface area contributed by atoms with Gasteiger partial charge in [-0.05, 0) is 50.3 Å². The number of hydrogen-bond acceptors (Lipinski definition) is 1. The summed E-state index contributed by atoms with van der Waals surface area (Å²) in [6.45, 7) is 12.8. The summed E-state index contributed by atoms with van der Waals surface area (Å²) in [7, 11) is 0. The Bertz CT molecular complexity index is 314. The molecule has 0 bridgehead atoms. The van der Waals surface area contributed by atoms with Crippen molar-refractivity contribution in [2.75, 3.05) is 0 Å². The number of rotatable bonds is 3. The SMILES string of the molecule is Cc1cc(C(C)C)cc(C)c1OC(C)C. The van der Waals surface area contributed by atoms with Crippen molar-refractivity contribution in [3.63, 3.8) is 0 Å². The first-order valence-electron chi connectivity index (χ1n) is 5.69. The normalized spacial score (nSPS) is 11.2. The van der Waals surface area contributed by atoms with Gasteiger partial charge >= 0.3 is 0 Å². The van der Waals surface area contributed by atoms with Gasteiger partial charge in [-0.25, -0.2) is 0 Å². The Balaban J connectivity index is 3.10. The van der Waals surface area contributed by atoms with Crippen LogP contribution in [0.2, 0.25) is 0 Å². The molecule has 0 atom stereocenters. The van der Waals surface area contributed by atoms with Crippen LogP contribution in [0.15, 0.2) is 12.1 Å². The van der Waals surface area contributed by atoms with E-state index in [0.29, 0.717) is 5.92 Å². The lowest BCUT2D eigenvalue weighted by Crippen LogP contribution is -2.08. The molecule has 0 amide bonds. The molecule has 0 saturated heterocycles. The Labute approximate surface area is 93.5 Å². The van der Waals surface area contributed by atoms with Gasteiger partial charge in [0.1, 0.15) is 5.75 Å². The maximum absolute atomic E-state index is 5.81. The van der Waals surface area contributed by atoms with Crippen LogP contribution in [0.1, 0.15) is 50.3 Å². The predicted molar refractivity (Wildman–Crippen MR) is 65.8 cm³/mol. The molecular weight excluding hydrogens is 184 g/mol. The minimum Gasteiger partial charge on any atom is -0.490 e. The standard InChI is InChI=1S/C14H22O/c1-9(2)13-7-11(5)14(12(6)8-13)15-10(3)4/h7-10H,1-6H3. The Kier molecular flexibility index (Phi) is 3.78. The van der Waals surface area contributed by atoms with Crippen LogP contribution in [-0.4, -0.2) is 6.10 Å². The van der Waals surface area contributed by atoms with Gasteiger partial charge in [0.05, 0.1) is 6.10 Å². The third-order valence-electron chi connectivity index (χ3n) is 2.50. The van der Waals surface area contributed by atoms with Crippen LogP contribution in [0.5, 0.6) is 5.75 Å². The summed E-state index contributed by atoms with van der Waals surface area (Å²) >= 11 is 0. The minimum absolute atomic E-state index is 0.243. The fraction of sp³-hybridized carbons (Fsp3) is 0.571. The van der Waals surface area contributed by atoms with Gasteiger partial charge in [0.2, 0.25) is 0 Å². The molecule has 1 heteroatoms. The first-order valence-corrected chi connectivity index (χ1v) is 5.69. The molecular formula is C14H22O. The molecule has 0 aromatic heterocycles. The summed E-state index contributed by atoms with van der Waals surface area (Å²) in [5.74, 6) is 1.63. The fourth-order valence-corrected chi connectivity index (χ4v) is 1.74. The third kappa shape index (κ3) is 2.98. The van der Waals surface area contributed by atoms with Crippen molar-refractivity contribution in [3.8, 4) is 5.75 Å². The van der Waals surface area contributed by atoms with E-state index in [1.54, 1.807) is 0 Å². The summed E-state index contributed by atoms with van der Waals surface area (Å²) < 4.78 is 5.81. The first kappa shape index (κ1) is 12.1. The molecule has 0 unspecified atom stereocenters. The minimum atomic E-state index is 0.243. The lowest BCUT2D eigenvalue weighted by atomic mass is 9.98. The van der Waals surface area contributed by atoms with Crippen LogP contribution in [0, 0.1) is 13.8 Å². The van der Waals surface area contributed by atoms with Gasteiger partial charge in [-0.3, -0.25) is 0 Å². The van der Waals surface area contributed by atoms with E-state index in [9.17, 15) is 0 Å². The molecule has 0 aliphatic rings. The molecule has 0 aliphatic heterocycles. The zero-order valence-electron chi connectivity index (χ0n) is 10.7. The van der Waals surface area contributed by atoms with Crippen molar-refractivity contribution in [3.05, 3.63) is 28.8 Å². The highest BCUT2D eigenvalue weighted by atomic mass is 16.5. The summed E-state index contributed by atoms with van der Waals surface area (Å²) in [5.41, 5.74) is 3.88. The average molecular weight is 206 g/mol. The molecule has 0 fully saturated rings. The van der Waals surface area contributed by atoms with E-state index in [1.807, 2.05) is 0 Å². The zero-order valence-corrected chi connectivity index (χ0v) is 10.7. The molecule has 0 radical (unpaired) electrons. The van der Waals surface area contributed by atoms with Crippen molar-refractivity contribution in [2.45, 2.75) is 53.6 Å². The Morgan fingerprint density at radius 1 is 0.933 bits per heavy atom. The molecule has 0 heterocycles. The van der Waals surface area contributed by atoms with Crippen LogP contribution in [0.25, 0.3) is 0 Å². The molecule has 84 valence electrons. The van der Waals surface area contributed by atoms with Crippen LogP contribution < -0.4 is 4.74 Å². The number of aryl methyl sites for hydroxylation is 2. The Morgan fingerprint density at radius 2 is 1.40 bits per heavy atom. The van der Waals surface area contributed by atoms with Gasteiger partial charge in [0.15, 0.2) is 0 Å². The van der Waals surface area contributed by atoms with Crippen LogP contribution in [0.4, 0.5) is 0 Å². The quantitative estimate of drug-likeness (QED) is 0.719. The van der Waals surface area contributed by atoms with E-state index in [0.717, 1.165) is 5.75 Å². The van der Waals surface area contributed by atoms with Crippen LogP contribution >= 0.6 is 0 Å². The van der Waals surface area contributed by atoms with Gasteiger partial charge in [0.25, 0.3) is 0 Å². The van der Waals surface area contributed by atoms with Crippen LogP contribution in [0.3, 0.4) is 0 Å². The maximum Gasteiger partial charge on any atom is 0.125 e. The second-order valence-electron chi connectivity index (χ2n) is 4.81. The van der Waals surface area contributed by atoms with Crippen molar-refractivity contribution >= 4 is 0 Å². The molecule has 0 aliphatic carbocycles. The molecule has 1 nitrogen and oxygen atoms in total. The highest BCUT2D eigenvalue weighted by Gasteiger charge is 2.09. The molecule has 1 aromatic carbocycles. The van der Waals surface area contributed by atoms with Crippen molar-refractivity contribution in [2.24, 2.45) is 0 Å². The smallest absolute Gasteiger partial charge is 0.125 e. The Morgan fingerprint density at radius 3 is 1.73 bits per heavy atom.